The molecule has 1 aliphatic rings. The molecule has 108 valence electrons. The molecule has 1 fully saturated rings. The first-order valence-corrected chi connectivity index (χ1v) is 8.02. The summed E-state index contributed by atoms with van der Waals surface area (Å²) in [4.78, 5) is 2.68. The number of rotatable bonds is 8. The highest BCUT2D eigenvalue weighted by Crippen LogP contribution is 2.27. The molecule has 0 radical (unpaired) electrons. The van der Waals surface area contributed by atoms with Crippen LogP contribution in [0.1, 0.15) is 60.3 Å². The quantitative estimate of drug-likeness (QED) is 0.713. The summed E-state index contributed by atoms with van der Waals surface area (Å²) in [5.41, 5.74) is 0. The second-order valence-electron chi connectivity index (χ2n) is 6.69. The van der Waals surface area contributed by atoms with Gasteiger partial charge in [0.25, 0.3) is 0 Å². The average Bonchev–Trinajstić information content (AvgIpc) is 2.72. The summed E-state index contributed by atoms with van der Waals surface area (Å²) in [7, 11) is 0. The molecule has 0 heterocycles. The topological polar surface area (TPSA) is 15.3 Å². The van der Waals surface area contributed by atoms with E-state index in [1.165, 1.54) is 45.3 Å². The first-order chi connectivity index (χ1) is 8.54. The van der Waals surface area contributed by atoms with Crippen LogP contribution in [0.2, 0.25) is 0 Å². The summed E-state index contributed by atoms with van der Waals surface area (Å²) in [6.07, 6.45) is 5.48. The van der Waals surface area contributed by atoms with E-state index in [0.717, 1.165) is 17.9 Å². The van der Waals surface area contributed by atoms with Crippen molar-refractivity contribution in [3.63, 3.8) is 0 Å². The second kappa shape index (κ2) is 8.16. The molecule has 0 saturated heterocycles. The van der Waals surface area contributed by atoms with Gasteiger partial charge in [-0.1, -0.05) is 27.2 Å². The van der Waals surface area contributed by atoms with Crippen LogP contribution in [0, 0.1) is 11.8 Å². The van der Waals surface area contributed by atoms with Crippen molar-refractivity contribution in [1.29, 1.82) is 0 Å². The lowest BCUT2D eigenvalue weighted by Gasteiger charge is -2.33. The monoisotopic (exact) mass is 254 g/mol. The highest BCUT2D eigenvalue weighted by Gasteiger charge is 2.29. The summed E-state index contributed by atoms with van der Waals surface area (Å²) < 4.78 is 0. The Bertz CT molecular complexity index is 213. The Morgan fingerprint density at radius 1 is 1.17 bits per heavy atom. The lowest BCUT2D eigenvalue weighted by atomic mass is 10.0. The van der Waals surface area contributed by atoms with E-state index in [4.69, 9.17) is 0 Å². The molecule has 0 aromatic heterocycles. The Morgan fingerprint density at radius 2 is 1.89 bits per heavy atom. The summed E-state index contributed by atoms with van der Waals surface area (Å²) in [5, 5.41) is 3.75. The Hall–Kier alpha value is -0.0800. The molecule has 1 rings (SSSR count). The van der Waals surface area contributed by atoms with Crippen LogP contribution >= 0.6 is 0 Å². The first-order valence-electron chi connectivity index (χ1n) is 8.02. The zero-order chi connectivity index (χ0) is 13.5. The molecule has 2 heteroatoms. The van der Waals surface area contributed by atoms with Crippen molar-refractivity contribution in [2.75, 3.05) is 19.6 Å². The predicted octanol–water partition coefficient (Wildman–Crippen LogP) is 3.52. The molecule has 1 N–H and O–H groups in total. The van der Waals surface area contributed by atoms with E-state index in [2.05, 4.69) is 44.8 Å². The number of hydrogen-bond acceptors (Lipinski definition) is 2. The highest BCUT2D eigenvalue weighted by molar-refractivity contribution is 4.86. The van der Waals surface area contributed by atoms with Gasteiger partial charge in [-0.05, 0) is 51.5 Å². The van der Waals surface area contributed by atoms with E-state index in [1.807, 2.05) is 0 Å². The molecule has 1 aliphatic carbocycles. The molecule has 0 spiro atoms. The fourth-order valence-corrected chi connectivity index (χ4v) is 3.12. The van der Waals surface area contributed by atoms with Crippen LogP contribution in [0.5, 0.6) is 0 Å². The van der Waals surface area contributed by atoms with Crippen LogP contribution in [0.4, 0.5) is 0 Å². The van der Waals surface area contributed by atoms with E-state index in [-0.39, 0.29) is 0 Å². The molecule has 2 unspecified atom stereocenters. The number of nitrogens with one attached hydrogen (secondary N) is 1. The molecule has 2 atom stereocenters. The normalized spacial score (nSPS) is 24.7. The van der Waals surface area contributed by atoms with Crippen molar-refractivity contribution < 1.29 is 0 Å². The molecule has 1 saturated carbocycles. The van der Waals surface area contributed by atoms with Crippen molar-refractivity contribution in [2.24, 2.45) is 11.8 Å². The van der Waals surface area contributed by atoms with Crippen molar-refractivity contribution in [3.05, 3.63) is 0 Å². The summed E-state index contributed by atoms with van der Waals surface area (Å²) in [6.45, 7) is 15.3. The second-order valence-corrected chi connectivity index (χ2v) is 6.69. The van der Waals surface area contributed by atoms with Gasteiger partial charge in [0, 0.05) is 25.2 Å². The van der Waals surface area contributed by atoms with E-state index in [1.54, 1.807) is 0 Å². The Kier molecular flexibility index (Phi) is 7.25. The van der Waals surface area contributed by atoms with Gasteiger partial charge in [-0.3, -0.25) is 0 Å². The number of hydrogen-bond donors (Lipinski definition) is 1. The van der Waals surface area contributed by atoms with E-state index < -0.39 is 0 Å². The van der Waals surface area contributed by atoms with Gasteiger partial charge in [0.2, 0.25) is 0 Å². The van der Waals surface area contributed by atoms with Gasteiger partial charge in [0.05, 0.1) is 0 Å². The molecule has 18 heavy (non-hydrogen) atoms. The Balaban J connectivity index is 2.45. The van der Waals surface area contributed by atoms with E-state index >= 15 is 0 Å². The third-order valence-electron chi connectivity index (χ3n) is 4.11. The highest BCUT2D eigenvalue weighted by atomic mass is 15.2. The van der Waals surface area contributed by atoms with Gasteiger partial charge >= 0.3 is 0 Å². The van der Waals surface area contributed by atoms with Gasteiger partial charge < -0.3 is 10.2 Å². The molecular formula is C16H34N2. The van der Waals surface area contributed by atoms with Gasteiger partial charge in [-0.25, -0.2) is 0 Å². The van der Waals surface area contributed by atoms with Crippen LogP contribution in [0.25, 0.3) is 0 Å². The zero-order valence-electron chi connectivity index (χ0n) is 13.2. The summed E-state index contributed by atoms with van der Waals surface area (Å²) >= 11 is 0. The molecule has 0 bridgehead atoms. The number of nitrogens with zero attached hydrogens (tertiary/aromatic N) is 1. The van der Waals surface area contributed by atoms with Crippen LogP contribution in [-0.2, 0) is 0 Å². The zero-order valence-corrected chi connectivity index (χ0v) is 13.2. The van der Waals surface area contributed by atoms with Gasteiger partial charge in [0.1, 0.15) is 0 Å². The molecule has 0 aromatic carbocycles. The minimum absolute atomic E-state index is 0.680. The SMILES string of the molecule is CCCNC1CCCC1CN(CC(C)C)C(C)C. The van der Waals surface area contributed by atoms with Crippen molar-refractivity contribution in [2.45, 2.75) is 72.4 Å². The Labute approximate surface area is 115 Å². The van der Waals surface area contributed by atoms with E-state index in [9.17, 15) is 0 Å². The average molecular weight is 254 g/mol. The van der Waals surface area contributed by atoms with Crippen LogP contribution in [0.3, 0.4) is 0 Å². The molecular weight excluding hydrogens is 220 g/mol. The maximum absolute atomic E-state index is 3.75. The lowest BCUT2D eigenvalue weighted by molar-refractivity contribution is 0.157. The van der Waals surface area contributed by atoms with E-state index in [0.29, 0.717) is 6.04 Å². The molecule has 2 nitrogen and oxygen atoms in total. The maximum Gasteiger partial charge on any atom is 0.0107 e. The summed E-state index contributed by atoms with van der Waals surface area (Å²) in [6, 6.07) is 1.46. The van der Waals surface area contributed by atoms with Crippen LogP contribution < -0.4 is 5.32 Å². The maximum atomic E-state index is 3.75. The van der Waals surface area contributed by atoms with Gasteiger partial charge in [0.15, 0.2) is 0 Å². The van der Waals surface area contributed by atoms with Gasteiger partial charge in [-0.2, -0.15) is 0 Å². The van der Waals surface area contributed by atoms with Crippen molar-refractivity contribution in [1.82, 2.24) is 10.2 Å². The molecule has 0 aliphatic heterocycles. The Morgan fingerprint density at radius 3 is 2.44 bits per heavy atom. The largest absolute Gasteiger partial charge is 0.314 e. The lowest BCUT2D eigenvalue weighted by Crippen LogP contribution is -2.43. The van der Waals surface area contributed by atoms with Crippen LogP contribution in [0.15, 0.2) is 0 Å². The first kappa shape index (κ1) is 16.0. The smallest absolute Gasteiger partial charge is 0.0107 e. The van der Waals surface area contributed by atoms with Crippen LogP contribution in [-0.4, -0.2) is 36.6 Å². The third-order valence-corrected chi connectivity index (χ3v) is 4.11. The molecule has 0 amide bonds. The minimum Gasteiger partial charge on any atom is -0.314 e. The fraction of sp³-hybridized carbons (Fsp3) is 1.00. The standard InChI is InChI=1S/C16H34N2/c1-6-10-17-16-9-7-8-15(16)12-18(14(4)5)11-13(2)3/h13-17H,6-12H2,1-5H3. The van der Waals surface area contributed by atoms with Crippen molar-refractivity contribution in [3.8, 4) is 0 Å². The molecule has 0 aromatic rings. The fourth-order valence-electron chi connectivity index (χ4n) is 3.12. The minimum atomic E-state index is 0.680. The van der Waals surface area contributed by atoms with Gasteiger partial charge in [-0.15, -0.1) is 0 Å². The third kappa shape index (κ3) is 5.27. The van der Waals surface area contributed by atoms with Crippen molar-refractivity contribution >= 4 is 0 Å². The summed E-state index contributed by atoms with van der Waals surface area (Å²) in [5.74, 6) is 1.65. The predicted molar refractivity (Wildman–Crippen MR) is 81.0 cm³/mol.